The molecule has 5 heteroatoms. The largest absolute Gasteiger partial charge is 0.416 e. The highest BCUT2D eigenvalue weighted by Gasteiger charge is 2.31. The van der Waals surface area contributed by atoms with Crippen molar-refractivity contribution in [1.82, 2.24) is 9.78 Å². The molecule has 26 heavy (non-hydrogen) atoms. The average Bonchev–Trinajstić information content (AvgIpc) is 3.00. The van der Waals surface area contributed by atoms with Crippen LogP contribution in [0.25, 0.3) is 22.2 Å². The molecule has 3 aromatic carbocycles. The van der Waals surface area contributed by atoms with Crippen LogP contribution < -0.4 is 0 Å². The van der Waals surface area contributed by atoms with E-state index in [0.717, 1.165) is 17.2 Å². The standard InChI is InChI=1S/C21H15F3N2/c22-21(23,24)17-11-12-19-18(13-17)20(16-9-5-2-6-10-16)25-26(19)14-15-7-3-1-4-8-15/h1-13H,14H2. The maximum atomic E-state index is 13.2. The first-order valence-corrected chi connectivity index (χ1v) is 8.19. The fourth-order valence-corrected chi connectivity index (χ4v) is 3.04. The van der Waals surface area contributed by atoms with Crippen LogP contribution in [0.5, 0.6) is 0 Å². The highest BCUT2D eigenvalue weighted by molar-refractivity contribution is 5.94. The first-order chi connectivity index (χ1) is 12.5. The molecule has 0 atom stereocenters. The van der Waals surface area contributed by atoms with Crippen LogP contribution in [0.2, 0.25) is 0 Å². The Bertz CT molecular complexity index is 1040. The predicted octanol–water partition coefficient (Wildman–Crippen LogP) is 5.77. The van der Waals surface area contributed by atoms with Gasteiger partial charge >= 0.3 is 6.18 Å². The first kappa shape index (κ1) is 16.4. The number of nitrogens with zero attached hydrogens (tertiary/aromatic N) is 2. The number of halogens is 3. The Balaban J connectivity index is 1.90. The number of hydrogen-bond acceptors (Lipinski definition) is 1. The van der Waals surface area contributed by atoms with Crippen LogP contribution in [0.4, 0.5) is 13.2 Å². The lowest BCUT2D eigenvalue weighted by Gasteiger charge is -2.07. The molecule has 130 valence electrons. The molecule has 0 aliphatic heterocycles. The van der Waals surface area contributed by atoms with Gasteiger partial charge in [-0.05, 0) is 23.8 Å². The van der Waals surface area contributed by atoms with E-state index in [4.69, 9.17) is 0 Å². The van der Waals surface area contributed by atoms with E-state index in [0.29, 0.717) is 23.1 Å². The van der Waals surface area contributed by atoms with Crippen LogP contribution in [0.3, 0.4) is 0 Å². The van der Waals surface area contributed by atoms with E-state index in [-0.39, 0.29) is 0 Å². The van der Waals surface area contributed by atoms with Crippen molar-refractivity contribution in [1.29, 1.82) is 0 Å². The summed E-state index contributed by atoms with van der Waals surface area (Å²) >= 11 is 0. The second-order valence-corrected chi connectivity index (χ2v) is 6.09. The zero-order valence-corrected chi connectivity index (χ0v) is 13.7. The summed E-state index contributed by atoms with van der Waals surface area (Å²) in [6.07, 6.45) is -4.39. The molecule has 0 unspecified atom stereocenters. The van der Waals surface area contributed by atoms with Gasteiger partial charge in [-0.1, -0.05) is 60.7 Å². The van der Waals surface area contributed by atoms with Crippen LogP contribution in [-0.2, 0) is 12.7 Å². The number of aromatic nitrogens is 2. The van der Waals surface area contributed by atoms with Gasteiger partial charge in [-0.3, -0.25) is 4.68 Å². The lowest BCUT2D eigenvalue weighted by atomic mass is 10.1. The maximum Gasteiger partial charge on any atom is 0.416 e. The van der Waals surface area contributed by atoms with Gasteiger partial charge in [0.05, 0.1) is 17.6 Å². The molecular weight excluding hydrogens is 337 g/mol. The minimum Gasteiger partial charge on any atom is -0.260 e. The molecule has 0 aliphatic rings. The molecule has 0 fully saturated rings. The summed E-state index contributed by atoms with van der Waals surface area (Å²) in [6.45, 7) is 0.496. The summed E-state index contributed by atoms with van der Waals surface area (Å²) in [5.41, 5.74) is 2.41. The lowest BCUT2D eigenvalue weighted by molar-refractivity contribution is -0.137. The third kappa shape index (κ3) is 3.08. The molecule has 2 nitrogen and oxygen atoms in total. The van der Waals surface area contributed by atoms with E-state index >= 15 is 0 Å². The number of alkyl halides is 3. The Hall–Kier alpha value is -3.08. The SMILES string of the molecule is FC(F)(F)c1ccc2c(c1)c(-c1ccccc1)nn2Cc1ccccc1. The molecule has 0 N–H and O–H groups in total. The summed E-state index contributed by atoms with van der Waals surface area (Å²) in [4.78, 5) is 0. The van der Waals surface area contributed by atoms with Crippen LogP contribution in [0.1, 0.15) is 11.1 Å². The lowest BCUT2D eigenvalue weighted by Crippen LogP contribution is -2.05. The molecule has 1 heterocycles. The first-order valence-electron chi connectivity index (χ1n) is 8.19. The Morgan fingerprint density at radius 3 is 2.12 bits per heavy atom. The minimum absolute atomic E-state index is 0.496. The molecule has 0 spiro atoms. The van der Waals surface area contributed by atoms with E-state index in [9.17, 15) is 13.2 Å². The van der Waals surface area contributed by atoms with Crippen molar-refractivity contribution in [3.8, 4) is 11.3 Å². The van der Waals surface area contributed by atoms with Crippen molar-refractivity contribution in [2.75, 3.05) is 0 Å². The quantitative estimate of drug-likeness (QED) is 0.458. The summed E-state index contributed by atoms with van der Waals surface area (Å²) in [6, 6.07) is 22.8. The minimum atomic E-state index is -4.39. The van der Waals surface area contributed by atoms with E-state index in [1.807, 2.05) is 60.7 Å². The van der Waals surface area contributed by atoms with E-state index in [2.05, 4.69) is 5.10 Å². The van der Waals surface area contributed by atoms with Gasteiger partial charge in [-0.25, -0.2) is 0 Å². The molecule has 4 rings (SSSR count). The zero-order valence-electron chi connectivity index (χ0n) is 13.7. The topological polar surface area (TPSA) is 17.8 Å². The van der Waals surface area contributed by atoms with Gasteiger partial charge in [0, 0.05) is 10.9 Å². The third-order valence-electron chi connectivity index (χ3n) is 4.30. The van der Waals surface area contributed by atoms with Gasteiger partial charge in [-0.2, -0.15) is 18.3 Å². The smallest absolute Gasteiger partial charge is 0.260 e. The van der Waals surface area contributed by atoms with Crippen molar-refractivity contribution >= 4 is 10.9 Å². The highest BCUT2D eigenvalue weighted by atomic mass is 19.4. The molecular formula is C21H15F3N2. The van der Waals surface area contributed by atoms with Gasteiger partial charge in [0.2, 0.25) is 0 Å². The van der Waals surface area contributed by atoms with E-state index in [1.54, 1.807) is 4.68 Å². The molecule has 0 radical (unpaired) electrons. The number of hydrogen-bond donors (Lipinski definition) is 0. The summed E-state index contributed by atoms with van der Waals surface area (Å²) in [5, 5.41) is 5.13. The molecule has 0 bridgehead atoms. The normalized spacial score (nSPS) is 11.8. The molecule has 0 aliphatic carbocycles. The fraction of sp³-hybridized carbons (Fsp3) is 0.0952. The maximum absolute atomic E-state index is 13.2. The molecule has 0 amide bonds. The summed E-state index contributed by atoms with van der Waals surface area (Å²) in [7, 11) is 0. The van der Waals surface area contributed by atoms with Crippen LogP contribution in [0, 0.1) is 0 Å². The van der Waals surface area contributed by atoms with Crippen molar-refractivity contribution in [2.24, 2.45) is 0 Å². The summed E-state index contributed by atoms with van der Waals surface area (Å²) in [5.74, 6) is 0. The van der Waals surface area contributed by atoms with Crippen molar-refractivity contribution in [2.45, 2.75) is 12.7 Å². The number of rotatable bonds is 3. The van der Waals surface area contributed by atoms with Gasteiger partial charge in [0.25, 0.3) is 0 Å². The van der Waals surface area contributed by atoms with Crippen LogP contribution in [-0.4, -0.2) is 9.78 Å². The van der Waals surface area contributed by atoms with E-state index in [1.165, 1.54) is 12.1 Å². The monoisotopic (exact) mass is 352 g/mol. The van der Waals surface area contributed by atoms with Gasteiger partial charge in [-0.15, -0.1) is 0 Å². The molecule has 4 aromatic rings. The predicted molar refractivity (Wildman–Crippen MR) is 95.7 cm³/mol. The molecule has 0 saturated carbocycles. The summed E-state index contributed by atoms with van der Waals surface area (Å²) < 4.78 is 41.3. The number of fused-ring (bicyclic) bond motifs is 1. The molecule has 1 aromatic heterocycles. The van der Waals surface area contributed by atoms with Gasteiger partial charge < -0.3 is 0 Å². The third-order valence-corrected chi connectivity index (χ3v) is 4.30. The average molecular weight is 352 g/mol. The Labute approximate surface area is 148 Å². The van der Waals surface area contributed by atoms with Crippen molar-refractivity contribution in [3.63, 3.8) is 0 Å². The van der Waals surface area contributed by atoms with Gasteiger partial charge in [0.15, 0.2) is 0 Å². The molecule has 0 saturated heterocycles. The van der Waals surface area contributed by atoms with Crippen molar-refractivity contribution in [3.05, 3.63) is 90.0 Å². The Morgan fingerprint density at radius 1 is 0.808 bits per heavy atom. The number of benzene rings is 3. The highest BCUT2D eigenvalue weighted by Crippen LogP contribution is 2.35. The Kier molecular flexibility index (Phi) is 3.99. The van der Waals surface area contributed by atoms with Crippen LogP contribution in [0.15, 0.2) is 78.9 Å². The second-order valence-electron chi connectivity index (χ2n) is 6.09. The fourth-order valence-electron chi connectivity index (χ4n) is 3.04. The van der Waals surface area contributed by atoms with E-state index < -0.39 is 11.7 Å². The second kappa shape index (κ2) is 6.33. The van der Waals surface area contributed by atoms with Crippen LogP contribution >= 0.6 is 0 Å². The zero-order chi connectivity index (χ0) is 18.1. The van der Waals surface area contributed by atoms with Gasteiger partial charge in [0.1, 0.15) is 5.69 Å². The van der Waals surface area contributed by atoms with Crippen molar-refractivity contribution < 1.29 is 13.2 Å². The Morgan fingerprint density at radius 2 is 1.46 bits per heavy atom.